The van der Waals surface area contributed by atoms with Gasteiger partial charge in [0.1, 0.15) is 0 Å². The van der Waals surface area contributed by atoms with Crippen molar-refractivity contribution < 1.29 is 4.79 Å². The number of rotatable bonds is 3. The smallest absolute Gasteiger partial charge is 0.273 e. The van der Waals surface area contributed by atoms with Crippen LogP contribution in [0.5, 0.6) is 0 Å². The van der Waals surface area contributed by atoms with Crippen LogP contribution in [0.1, 0.15) is 10.5 Å². The van der Waals surface area contributed by atoms with Gasteiger partial charge in [0.2, 0.25) is 0 Å². The lowest BCUT2D eigenvalue weighted by molar-refractivity contribution is 0.0953. The van der Waals surface area contributed by atoms with Crippen molar-refractivity contribution in [1.29, 1.82) is 0 Å². The quantitative estimate of drug-likeness (QED) is 0.637. The molecule has 0 saturated carbocycles. The van der Waals surface area contributed by atoms with E-state index < -0.39 is 0 Å². The molecule has 5 nitrogen and oxygen atoms in total. The highest BCUT2D eigenvalue weighted by atomic mass is 16.1. The zero-order valence-corrected chi connectivity index (χ0v) is 7.03. The monoisotopic (exact) mass is 178 g/mol. The molecule has 1 heterocycles. The number of nitrogen functional groups attached to an aromatic ring is 1. The zero-order chi connectivity index (χ0) is 9.68. The Bertz CT molecular complexity index is 324. The van der Waals surface area contributed by atoms with E-state index in [0.29, 0.717) is 6.54 Å². The molecule has 13 heavy (non-hydrogen) atoms. The van der Waals surface area contributed by atoms with E-state index in [2.05, 4.69) is 21.9 Å². The molecule has 0 radical (unpaired) electrons. The van der Waals surface area contributed by atoms with Gasteiger partial charge in [-0.2, -0.15) is 0 Å². The third kappa shape index (κ3) is 2.26. The lowest BCUT2D eigenvalue weighted by Gasteiger charge is -2.02. The molecule has 0 atom stereocenters. The Morgan fingerprint density at radius 1 is 1.62 bits per heavy atom. The van der Waals surface area contributed by atoms with Crippen molar-refractivity contribution in [1.82, 2.24) is 15.3 Å². The van der Waals surface area contributed by atoms with E-state index in [0.717, 1.165) is 0 Å². The van der Waals surface area contributed by atoms with Crippen molar-refractivity contribution in [3.63, 3.8) is 0 Å². The molecule has 5 heteroatoms. The number of hydrogen-bond acceptors (Lipinski definition) is 4. The van der Waals surface area contributed by atoms with Crippen molar-refractivity contribution in [2.45, 2.75) is 0 Å². The van der Waals surface area contributed by atoms with E-state index in [9.17, 15) is 4.79 Å². The van der Waals surface area contributed by atoms with Crippen LogP contribution in [0.15, 0.2) is 25.0 Å². The molecule has 68 valence electrons. The lowest BCUT2D eigenvalue weighted by atomic mass is 10.4. The van der Waals surface area contributed by atoms with E-state index in [1.54, 1.807) is 6.08 Å². The highest BCUT2D eigenvalue weighted by Gasteiger charge is 2.09. The molecular weight excluding hydrogens is 168 g/mol. The minimum absolute atomic E-state index is 0.129. The Balaban J connectivity index is 2.76. The molecule has 1 amide bonds. The molecule has 1 rings (SSSR count). The van der Waals surface area contributed by atoms with Gasteiger partial charge in [0.15, 0.2) is 11.5 Å². The van der Waals surface area contributed by atoms with E-state index in [1.165, 1.54) is 12.4 Å². The number of hydrogen-bond donors (Lipinski definition) is 2. The van der Waals surface area contributed by atoms with Crippen LogP contribution in [0.3, 0.4) is 0 Å². The minimum Gasteiger partial charge on any atom is -0.382 e. The van der Waals surface area contributed by atoms with Gasteiger partial charge >= 0.3 is 0 Å². The van der Waals surface area contributed by atoms with Crippen LogP contribution in [0.4, 0.5) is 5.82 Å². The molecule has 0 aliphatic carbocycles. The van der Waals surface area contributed by atoms with Crippen LogP contribution in [0.2, 0.25) is 0 Å². The van der Waals surface area contributed by atoms with Crippen LogP contribution in [0, 0.1) is 0 Å². The molecule has 1 aromatic heterocycles. The van der Waals surface area contributed by atoms with Crippen LogP contribution < -0.4 is 11.1 Å². The van der Waals surface area contributed by atoms with Gasteiger partial charge in [0.05, 0.1) is 0 Å². The summed E-state index contributed by atoms with van der Waals surface area (Å²) >= 11 is 0. The number of aromatic nitrogens is 2. The predicted octanol–water partition coefficient (Wildman–Crippen LogP) is -0.0254. The number of carbonyl (C=O) groups is 1. The highest BCUT2D eigenvalue weighted by molar-refractivity contribution is 5.96. The summed E-state index contributed by atoms with van der Waals surface area (Å²) in [4.78, 5) is 18.8. The summed E-state index contributed by atoms with van der Waals surface area (Å²) < 4.78 is 0. The van der Waals surface area contributed by atoms with Crippen LogP contribution in [-0.4, -0.2) is 22.4 Å². The van der Waals surface area contributed by atoms with Gasteiger partial charge in [-0.25, -0.2) is 9.97 Å². The summed E-state index contributed by atoms with van der Waals surface area (Å²) in [6, 6.07) is 0. The maximum atomic E-state index is 11.3. The highest BCUT2D eigenvalue weighted by Crippen LogP contribution is 2.01. The van der Waals surface area contributed by atoms with Crippen molar-refractivity contribution in [2.75, 3.05) is 12.3 Å². The molecule has 0 saturated heterocycles. The predicted molar refractivity (Wildman–Crippen MR) is 49.0 cm³/mol. The van der Waals surface area contributed by atoms with Crippen molar-refractivity contribution in [3.05, 3.63) is 30.7 Å². The number of nitrogens with one attached hydrogen (secondary N) is 1. The second kappa shape index (κ2) is 4.20. The number of nitrogens with two attached hydrogens (primary N) is 1. The minimum atomic E-state index is -0.342. The molecule has 0 spiro atoms. The van der Waals surface area contributed by atoms with Crippen molar-refractivity contribution >= 4 is 11.7 Å². The van der Waals surface area contributed by atoms with Gasteiger partial charge in [-0.1, -0.05) is 6.08 Å². The molecule has 0 aliphatic heterocycles. The fraction of sp³-hybridized carbons (Fsp3) is 0.125. The average molecular weight is 178 g/mol. The van der Waals surface area contributed by atoms with E-state index >= 15 is 0 Å². The first kappa shape index (κ1) is 9.18. The Hall–Kier alpha value is -1.91. The van der Waals surface area contributed by atoms with E-state index in [4.69, 9.17) is 5.73 Å². The maximum absolute atomic E-state index is 11.3. The van der Waals surface area contributed by atoms with Gasteiger partial charge in [0, 0.05) is 18.9 Å². The standard InChI is InChI=1S/C8H10N4O/c1-2-3-12-8(13)6-7(9)11-5-4-10-6/h2,4-5H,1,3H2,(H2,9,11)(H,12,13). The third-order valence-electron chi connectivity index (χ3n) is 1.35. The van der Waals surface area contributed by atoms with E-state index in [1.807, 2.05) is 0 Å². The molecule has 0 aliphatic rings. The Morgan fingerprint density at radius 3 is 2.92 bits per heavy atom. The lowest BCUT2D eigenvalue weighted by Crippen LogP contribution is -2.25. The molecule has 0 fully saturated rings. The maximum Gasteiger partial charge on any atom is 0.273 e. The Kier molecular flexibility index (Phi) is 2.97. The van der Waals surface area contributed by atoms with Gasteiger partial charge in [-0.05, 0) is 0 Å². The molecule has 0 bridgehead atoms. The average Bonchev–Trinajstić information content (AvgIpc) is 2.15. The van der Waals surface area contributed by atoms with Crippen molar-refractivity contribution in [3.8, 4) is 0 Å². The number of nitrogens with zero attached hydrogens (tertiary/aromatic N) is 2. The summed E-state index contributed by atoms with van der Waals surface area (Å²) in [5.74, 6) is -0.213. The number of carbonyl (C=O) groups excluding carboxylic acids is 1. The fourth-order valence-corrected chi connectivity index (χ4v) is 0.772. The normalized spacial score (nSPS) is 9.23. The summed E-state index contributed by atoms with van der Waals surface area (Å²) in [5.41, 5.74) is 5.58. The second-order valence-electron chi connectivity index (χ2n) is 2.29. The SMILES string of the molecule is C=CCNC(=O)c1nccnc1N. The largest absolute Gasteiger partial charge is 0.382 e. The van der Waals surface area contributed by atoms with Gasteiger partial charge in [-0.15, -0.1) is 6.58 Å². The summed E-state index contributed by atoms with van der Waals surface area (Å²) in [5, 5.41) is 2.55. The number of anilines is 1. The first-order chi connectivity index (χ1) is 6.25. The Morgan fingerprint density at radius 2 is 2.31 bits per heavy atom. The third-order valence-corrected chi connectivity index (χ3v) is 1.35. The Labute approximate surface area is 75.7 Å². The topological polar surface area (TPSA) is 80.9 Å². The van der Waals surface area contributed by atoms with Crippen molar-refractivity contribution in [2.24, 2.45) is 0 Å². The molecule has 0 unspecified atom stereocenters. The van der Waals surface area contributed by atoms with Crippen LogP contribution in [0.25, 0.3) is 0 Å². The first-order valence-electron chi connectivity index (χ1n) is 3.71. The molecule has 1 aromatic rings. The summed E-state index contributed by atoms with van der Waals surface area (Å²) in [6.07, 6.45) is 4.42. The van der Waals surface area contributed by atoms with E-state index in [-0.39, 0.29) is 17.4 Å². The molecular formula is C8H10N4O. The molecule has 0 aromatic carbocycles. The molecule has 3 N–H and O–H groups in total. The fourth-order valence-electron chi connectivity index (χ4n) is 0.772. The summed E-state index contributed by atoms with van der Waals surface area (Å²) in [6.45, 7) is 3.85. The van der Waals surface area contributed by atoms with Gasteiger partial charge in [-0.3, -0.25) is 4.79 Å². The zero-order valence-electron chi connectivity index (χ0n) is 7.03. The number of amides is 1. The van der Waals surface area contributed by atoms with Gasteiger partial charge < -0.3 is 11.1 Å². The van der Waals surface area contributed by atoms with Crippen LogP contribution >= 0.6 is 0 Å². The van der Waals surface area contributed by atoms with Gasteiger partial charge in [0.25, 0.3) is 5.91 Å². The summed E-state index contributed by atoms with van der Waals surface area (Å²) in [7, 11) is 0. The second-order valence-corrected chi connectivity index (χ2v) is 2.29. The first-order valence-corrected chi connectivity index (χ1v) is 3.71. The van der Waals surface area contributed by atoms with Crippen LogP contribution in [-0.2, 0) is 0 Å².